The third-order valence-electron chi connectivity index (χ3n) is 3.98. The first-order chi connectivity index (χ1) is 12.9. The molecule has 8 nitrogen and oxygen atoms in total. The summed E-state index contributed by atoms with van der Waals surface area (Å²) < 4.78 is 0. The summed E-state index contributed by atoms with van der Waals surface area (Å²) in [6.45, 7) is 1.72. The lowest BCUT2D eigenvalue weighted by Gasteiger charge is -2.13. The molecule has 0 unspecified atom stereocenters. The molecule has 144 valence electrons. The Bertz CT molecular complexity index is 1040. The van der Waals surface area contributed by atoms with E-state index in [-0.39, 0.29) is 35.3 Å². The number of nitrogens with two attached hydrogens (primary N) is 1. The number of hydrogen-bond donors (Lipinski definition) is 4. The van der Waals surface area contributed by atoms with Gasteiger partial charge in [-0.3, -0.25) is 0 Å². The van der Waals surface area contributed by atoms with Crippen LogP contribution in [0.3, 0.4) is 0 Å². The summed E-state index contributed by atoms with van der Waals surface area (Å²) in [5.41, 5.74) is 8.22. The lowest BCUT2D eigenvalue weighted by molar-refractivity contribution is 0.0686. The van der Waals surface area contributed by atoms with Crippen LogP contribution in [0.15, 0.2) is 48.5 Å². The highest BCUT2D eigenvalue weighted by Crippen LogP contribution is 2.29. The SMILES string of the molecule is Cc1c(N)nc(Nc2ccc(C(=O)O)cc2)nc1-c1ccccc1C(=O)O.Cl. The van der Waals surface area contributed by atoms with Crippen LogP contribution in [0.2, 0.25) is 0 Å². The quantitative estimate of drug-likeness (QED) is 0.509. The molecule has 0 spiro atoms. The number of nitrogen functional groups attached to an aromatic ring is 1. The smallest absolute Gasteiger partial charge is 0.336 e. The summed E-state index contributed by atoms with van der Waals surface area (Å²) in [7, 11) is 0. The molecular weight excluding hydrogens is 384 g/mol. The van der Waals surface area contributed by atoms with Crippen LogP contribution in [-0.2, 0) is 0 Å². The van der Waals surface area contributed by atoms with Gasteiger partial charge in [0.1, 0.15) is 5.82 Å². The molecule has 0 fully saturated rings. The van der Waals surface area contributed by atoms with E-state index in [1.54, 1.807) is 37.3 Å². The zero-order chi connectivity index (χ0) is 19.6. The van der Waals surface area contributed by atoms with Gasteiger partial charge in [-0.2, -0.15) is 4.98 Å². The third kappa shape index (κ3) is 4.18. The molecule has 5 N–H and O–H groups in total. The lowest BCUT2D eigenvalue weighted by atomic mass is 10.0. The number of nitrogens with zero attached hydrogens (tertiary/aromatic N) is 2. The Labute approximate surface area is 166 Å². The minimum atomic E-state index is -1.07. The number of hydrogen-bond acceptors (Lipinski definition) is 6. The predicted molar refractivity (Wildman–Crippen MR) is 108 cm³/mol. The molecule has 1 aromatic heterocycles. The van der Waals surface area contributed by atoms with Crippen molar-refractivity contribution in [3.05, 3.63) is 65.2 Å². The second kappa shape index (κ2) is 8.36. The molecule has 0 saturated carbocycles. The number of carboxylic acids is 2. The van der Waals surface area contributed by atoms with Gasteiger partial charge in [0.25, 0.3) is 0 Å². The van der Waals surface area contributed by atoms with Gasteiger partial charge in [-0.25, -0.2) is 14.6 Å². The molecule has 0 aliphatic heterocycles. The van der Waals surface area contributed by atoms with Gasteiger partial charge in [-0.1, -0.05) is 18.2 Å². The average Bonchev–Trinajstić information content (AvgIpc) is 2.65. The number of nitrogens with one attached hydrogen (secondary N) is 1. The van der Waals surface area contributed by atoms with E-state index in [1.165, 1.54) is 18.2 Å². The number of benzene rings is 2. The fourth-order valence-corrected chi connectivity index (χ4v) is 2.55. The van der Waals surface area contributed by atoms with Gasteiger partial charge in [0, 0.05) is 16.8 Å². The molecule has 3 rings (SSSR count). The largest absolute Gasteiger partial charge is 0.478 e. The highest BCUT2D eigenvalue weighted by Gasteiger charge is 2.17. The van der Waals surface area contributed by atoms with Crippen molar-refractivity contribution in [2.75, 3.05) is 11.1 Å². The van der Waals surface area contributed by atoms with E-state index in [9.17, 15) is 14.7 Å². The topological polar surface area (TPSA) is 138 Å². The summed E-state index contributed by atoms with van der Waals surface area (Å²) in [5, 5.41) is 21.3. The fourth-order valence-electron chi connectivity index (χ4n) is 2.55. The van der Waals surface area contributed by atoms with Gasteiger partial charge >= 0.3 is 11.9 Å². The number of aromatic nitrogens is 2. The van der Waals surface area contributed by atoms with Gasteiger partial charge in [-0.15, -0.1) is 12.4 Å². The molecule has 0 aliphatic carbocycles. The first-order valence-corrected chi connectivity index (χ1v) is 7.94. The van der Waals surface area contributed by atoms with E-state index in [2.05, 4.69) is 15.3 Å². The maximum Gasteiger partial charge on any atom is 0.336 e. The summed E-state index contributed by atoms with van der Waals surface area (Å²) in [4.78, 5) is 31.0. The molecule has 28 heavy (non-hydrogen) atoms. The van der Waals surface area contributed by atoms with E-state index >= 15 is 0 Å². The van der Waals surface area contributed by atoms with Crippen molar-refractivity contribution < 1.29 is 19.8 Å². The second-order valence-corrected chi connectivity index (χ2v) is 5.76. The van der Waals surface area contributed by atoms with Gasteiger partial charge in [0.2, 0.25) is 5.95 Å². The first kappa shape index (κ1) is 20.7. The molecule has 2 aromatic carbocycles. The van der Waals surface area contributed by atoms with Crippen LogP contribution in [0.4, 0.5) is 17.5 Å². The third-order valence-corrected chi connectivity index (χ3v) is 3.98. The highest BCUT2D eigenvalue weighted by atomic mass is 35.5. The van der Waals surface area contributed by atoms with E-state index in [0.29, 0.717) is 22.5 Å². The van der Waals surface area contributed by atoms with Gasteiger partial charge in [0.05, 0.1) is 16.8 Å². The van der Waals surface area contributed by atoms with E-state index in [1.807, 2.05) is 0 Å². The zero-order valence-electron chi connectivity index (χ0n) is 14.7. The molecule has 0 atom stereocenters. The Balaban J connectivity index is 0.00000280. The molecule has 0 aliphatic rings. The van der Waals surface area contributed by atoms with Crippen LogP contribution in [-0.4, -0.2) is 32.1 Å². The van der Waals surface area contributed by atoms with Crippen LogP contribution in [0.5, 0.6) is 0 Å². The normalized spacial score (nSPS) is 10.0. The number of anilines is 3. The molecule has 3 aromatic rings. The summed E-state index contributed by atoms with van der Waals surface area (Å²) >= 11 is 0. The number of aromatic carboxylic acids is 2. The summed E-state index contributed by atoms with van der Waals surface area (Å²) in [6, 6.07) is 12.6. The second-order valence-electron chi connectivity index (χ2n) is 5.76. The molecule has 0 saturated heterocycles. The minimum Gasteiger partial charge on any atom is -0.478 e. The lowest BCUT2D eigenvalue weighted by Crippen LogP contribution is -2.07. The molecular formula is C19H17ClN4O4. The van der Waals surface area contributed by atoms with Crippen LogP contribution < -0.4 is 11.1 Å². The Morgan fingerprint density at radius 3 is 2.21 bits per heavy atom. The van der Waals surface area contributed by atoms with Gasteiger partial charge < -0.3 is 21.3 Å². The van der Waals surface area contributed by atoms with E-state index in [4.69, 9.17) is 10.8 Å². The van der Waals surface area contributed by atoms with Crippen molar-refractivity contribution in [1.82, 2.24) is 9.97 Å². The molecule has 0 amide bonds. The Morgan fingerprint density at radius 2 is 1.61 bits per heavy atom. The number of carboxylic acid groups (broad SMARTS) is 2. The summed E-state index contributed by atoms with van der Waals surface area (Å²) in [5.74, 6) is -1.70. The van der Waals surface area contributed by atoms with E-state index in [0.717, 1.165) is 0 Å². The van der Waals surface area contributed by atoms with Crippen LogP contribution in [0, 0.1) is 6.92 Å². The minimum absolute atomic E-state index is 0. The Morgan fingerprint density at radius 1 is 0.964 bits per heavy atom. The molecule has 0 bridgehead atoms. The maximum absolute atomic E-state index is 11.5. The van der Waals surface area contributed by atoms with Crippen molar-refractivity contribution in [3.63, 3.8) is 0 Å². The maximum atomic E-state index is 11.5. The highest BCUT2D eigenvalue weighted by molar-refractivity contribution is 5.96. The standard InChI is InChI=1S/C19H16N4O4.ClH/c1-10-15(13-4-2-3-5-14(13)18(26)27)22-19(23-16(10)20)21-12-8-6-11(7-9-12)17(24)25;/h2-9H,1H3,(H,24,25)(H,26,27)(H3,20,21,22,23);1H. The van der Waals surface area contributed by atoms with Crippen LogP contribution in [0.1, 0.15) is 26.3 Å². The van der Waals surface area contributed by atoms with Crippen molar-refractivity contribution in [1.29, 1.82) is 0 Å². The van der Waals surface area contributed by atoms with Crippen molar-refractivity contribution in [2.45, 2.75) is 6.92 Å². The monoisotopic (exact) mass is 400 g/mol. The Kier molecular flexibility index (Phi) is 6.17. The van der Waals surface area contributed by atoms with Crippen molar-refractivity contribution in [3.8, 4) is 11.3 Å². The number of carbonyl (C=O) groups is 2. The molecule has 1 heterocycles. The molecule has 0 radical (unpaired) electrons. The van der Waals surface area contributed by atoms with Gasteiger partial charge in [0.15, 0.2) is 0 Å². The van der Waals surface area contributed by atoms with Gasteiger partial charge in [-0.05, 0) is 37.3 Å². The van der Waals surface area contributed by atoms with Crippen LogP contribution >= 0.6 is 12.4 Å². The van der Waals surface area contributed by atoms with E-state index < -0.39 is 11.9 Å². The summed E-state index contributed by atoms with van der Waals surface area (Å²) in [6.07, 6.45) is 0. The Hall–Kier alpha value is -3.65. The average molecular weight is 401 g/mol. The van der Waals surface area contributed by atoms with Crippen molar-refractivity contribution in [2.24, 2.45) is 0 Å². The fraction of sp³-hybridized carbons (Fsp3) is 0.0526. The van der Waals surface area contributed by atoms with Crippen molar-refractivity contribution >= 4 is 41.8 Å². The predicted octanol–water partition coefficient (Wildman–Crippen LogP) is 3.60. The first-order valence-electron chi connectivity index (χ1n) is 7.94. The zero-order valence-corrected chi connectivity index (χ0v) is 15.5. The number of rotatable bonds is 5. The molecule has 9 heteroatoms. The van der Waals surface area contributed by atoms with Crippen LogP contribution in [0.25, 0.3) is 11.3 Å². The number of halogens is 1.